The molecule has 1 aromatic heterocycles. The number of pyridine rings is 1. The molecule has 0 aliphatic carbocycles. The predicted octanol–water partition coefficient (Wildman–Crippen LogP) is 2.09. The molecular weight excluding hydrogens is 238 g/mol. The van der Waals surface area contributed by atoms with E-state index in [1.54, 1.807) is 12.3 Å². The lowest BCUT2D eigenvalue weighted by atomic mass is 10.1. The molecule has 4 nitrogen and oxygen atoms in total. The van der Waals surface area contributed by atoms with Crippen LogP contribution < -0.4 is 11.1 Å². The van der Waals surface area contributed by atoms with Crippen molar-refractivity contribution in [3.63, 3.8) is 0 Å². The van der Waals surface area contributed by atoms with E-state index in [9.17, 15) is 4.79 Å². The van der Waals surface area contributed by atoms with Gasteiger partial charge in [-0.25, -0.2) is 0 Å². The Bertz CT molecular complexity index is 568. The fourth-order valence-electron chi connectivity index (χ4n) is 2.07. The summed E-state index contributed by atoms with van der Waals surface area (Å²) >= 11 is 0. The molecule has 0 aliphatic heterocycles. The Kier molecular flexibility index (Phi) is 4.47. The first-order valence-corrected chi connectivity index (χ1v) is 6.60. The van der Waals surface area contributed by atoms with Gasteiger partial charge >= 0.3 is 0 Å². The van der Waals surface area contributed by atoms with Crippen LogP contribution in [-0.4, -0.2) is 23.5 Å². The van der Waals surface area contributed by atoms with Crippen molar-refractivity contribution in [3.8, 4) is 0 Å². The van der Waals surface area contributed by atoms with Gasteiger partial charge in [0.2, 0.25) is 0 Å². The molecule has 1 amide bonds. The maximum absolute atomic E-state index is 12.2. The van der Waals surface area contributed by atoms with E-state index in [0.29, 0.717) is 12.1 Å². The minimum absolute atomic E-state index is 0.0500. The highest BCUT2D eigenvalue weighted by Crippen LogP contribution is 2.13. The molecule has 0 spiro atoms. The number of carbonyl (C=O) groups is 1. The van der Waals surface area contributed by atoms with Crippen molar-refractivity contribution in [2.24, 2.45) is 5.73 Å². The summed E-state index contributed by atoms with van der Waals surface area (Å²) in [5.74, 6) is -0.0500. The number of amides is 1. The molecule has 0 bridgehead atoms. The first kappa shape index (κ1) is 13.5. The van der Waals surface area contributed by atoms with Gasteiger partial charge in [-0.3, -0.25) is 9.78 Å². The number of fused-ring (bicyclic) bond motifs is 1. The van der Waals surface area contributed by atoms with E-state index in [4.69, 9.17) is 5.73 Å². The van der Waals surface area contributed by atoms with Crippen LogP contribution in [0.15, 0.2) is 36.5 Å². The van der Waals surface area contributed by atoms with Crippen LogP contribution in [0.25, 0.3) is 10.9 Å². The molecule has 0 fully saturated rings. The van der Waals surface area contributed by atoms with Crippen LogP contribution in [0.1, 0.15) is 30.1 Å². The maximum Gasteiger partial charge on any atom is 0.251 e. The van der Waals surface area contributed by atoms with Gasteiger partial charge in [0.25, 0.3) is 5.91 Å². The molecular formula is C15H19N3O. The second kappa shape index (κ2) is 6.29. The van der Waals surface area contributed by atoms with Crippen molar-refractivity contribution in [2.75, 3.05) is 6.54 Å². The number of aromatic nitrogens is 1. The third-order valence-corrected chi connectivity index (χ3v) is 3.21. The summed E-state index contributed by atoms with van der Waals surface area (Å²) in [6.45, 7) is 2.63. The Morgan fingerprint density at radius 2 is 2.26 bits per heavy atom. The summed E-state index contributed by atoms with van der Waals surface area (Å²) in [5.41, 5.74) is 7.09. The molecule has 0 saturated carbocycles. The summed E-state index contributed by atoms with van der Waals surface area (Å²) in [7, 11) is 0. The highest BCUT2D eigenvalue weighted by Gasteiger charge is 2.11. The molecule has 1 heterocycles. The number of hydrogen-bond donors (Lipinski definition) is 2. The standard InChI is InChI=1S/C15H19N3O/c1-2-13(7-8-16)18-15(19)12-5-6-14-11(10-12)4-3-9-17-14/h3-6,9-10,13H,2,7-8,16H2,1H3,(H,18,19). The molecule has 4 heteroatoms. The largest absolute Gasteiger partial charge is 0.349 e. The van der Waals surface area contributed by atoms with Crippen LogP contribution in [0.3, 0.4) is 0 Å². The zero-order chi connectivity index (χ0) is 13.7. The van der Waals surface area contributed by atoms with E-state index < -0.39 is 0 Å². The lowest BCUT2D eigenvalue weighted by molar-refractivity contribution is 0.0934. The first-order valence-electron chi connectivity index (χ1n) is 6.60. The van der Waals surface area contributed by atoms with Gasteiger partial charge in [0.05, 0.1) is 5.52 Å². The van der Waals surface area contributed by atoms with Gasteiger partial charge in [-0.2, -0.15) is 0 Å². The fourth-order valence-corrected chi connectivity index (χ4v) is 2.07. The molecule has 1 atom stereocenters. The summed E-state index contributed by atoms with van der Waals surface area (Å²) in [4.78, 5) is 16.4. The second-order valence-corrected chi connectivity index (χ2v) is 4.57. The van der Waals surface area contributed by atoms with Crippen LogP contribution in [0.4, 0.5) is 0 Å². The van der Waals surface area contributed by atoms with Gasteiger partial charge in [0, 0.05) is 23.2 Å². The number of hydrogen-bond acceptors (Lipinski definition) is 3. The van der Waals surface area contributed by atoms with Crippen LogP contribution in [-0.2, 0) is 0 Å². The molecule has 1 unspecified atom stereocenters. The zero-order valence-corrected chi connectivity index (χ0v) is 11.1. The normalized spacial score (nSPS) is 12.3. The Balaban J connectivity index is 2.16. The van der Waals surface area contributed by atoms with Crippen LogP contribution >= 0.6 is 0 Å². The molecule has 0 aliphatic rings. The van der Waals surface area contributed by atoms with Gasteiger partial charge in [-0.05, 0) is 43.7 Å². The minimum Gasteiger partial charge on any atom is -0.349 e. The third kappa shape index (κ3) is 3.29. The van der Waals surface area contributed by atoms with E-state index >= 15 is 0 Å². The molecule has 0 radical (unpaired) electrons. The Morgan fingerprint density at radius 1 is 1.42 bits per heavy atom. The SMILES string of the molecule is CCC(CCN)NC(=O)c1ccc2ncccc2c1. The number of nitrogens with two attached hydrogens (primary N) is 1. The minimum atomic E-state index is -0.0500. The third-order valence-electron chi connectivity index (χ3n) is 3.21. The monoisotopic (exact) mass is 257 g/mol. The van der Waals surface area contributed by atoms with Gasteiger partial charge in [-0.1, -0.05) is 13.0 Å². The Hall–Kier alpha value is -1.94. The summed E-state index contributed by atoms with van der Waals surface area (Å²) < 4.78 is 0. The van der Waals surface area contributed by atoms with Crippen molar-refractivity contribution in [1.82, 2.24) is 10.3 Å². The van der Waals surface area contributed by atoms with Gasteiger partial charge in [0.1, 0.15) is 0 Å². The van der Waals surface area contributed by atoms with Crippen molar-refractivity contribution >= 4 is 16.8 Å². The molecule has 2 aromatic rings. The molecule has 2 rings (SSSR count). The highest BCUT2D eigenvalue weighted by molar-refractivity contribution is 5.98. The summed E-state index contributed by atoms with van der Waals surface area (Å²) in [5, 5.41) is 3.98. The smallest absolute Gasteiger partial charge is 0.251 e. The van der Waals surface area contributed by atoms with Crippen molar-refractivity contribution in [2.45, 2.75) is 25.8 Å². The van der Waals surface area contributed by atoms with Crippen LogP contribution in [0, 0.1) is 0 Å². The van der Waals surface area contributed by atoms with Crippen molar-refractivity contribution < 1.29 is 4.79 Å². The molecule has 19 heavy (non-hydrogen) atoms. The van der Waals surface area contributed by atoms with E-state index in [1.165, 1.54) is 0 Å². The van der Waals surface area contributed by atoms with Gasteiger partial charge in [0.15, 0.2) is 0 Å². The van der Waals surface area contributed by atoms with Crippen molar-refractivity contribution in [1.29, 1.82) is 0 Å². The Morgan fingerprint density at radius 3 is 3.00 bits per heavy atom. The first-order chi connectivity index (χ1) is 9.24. The topological polar surface area (TPSA) is 68.0 Å². The lowest BCUT2D eigenvalue weighted by Gasteiger charge is -2.16. The lowest BCUT2D eigenvalue weighted by Crippen LogP contribution is -2.35. The van der Waals surface area contributed by atoms with E-state index in [1.807, 2.05) is 31.2 Å². The molecule has 0 saturated heterocycles. The van der Waals surface area contributed by atoms with Crippen molar-refractivity contribution in [3.05, 3.63) is 42.1 Å². The van der Waals surface area contributed by atoms with Gasteiger partial charge < -0.3 is 11.1 Å². The number of benzene rings is 1. The number of nitrogens with zero attached hydrogens (tertiary/aromatic N) is 1. The fraction of sp³-hybridized carbons (Fsp3) is 0.333. The zero-order valence-electron chi connectivity index (χ0n) is 11.1. The average Bonchev–Trinajstić information content (AvgIpc) is 2.46. The highest BCUT2D eigenvalue weighted by atomic mass is 16.1. The molecule has 100 valence electrons. The van der Waals surface area contributed by atoms with Crippen LogP contribution in [0.5, 0.6) is 0 Å². The van der Waals surface area contributed by atoms with E-state index in [2.05, 4.69) is 10.3 Å². The summed E-state index contributed by atoms with van der Waals surface area (Å²) in [6.07, 6.45) is 3.44. The number of rotatable bonds is 5. The average molecular weight is 257 g/mol. The quantitative estimate of drug-likeness (QED) is 0.861. The Labute approximate surface area is 113 Å². The summed E-state index contributed by atoms with van der Waals surface area (Å²) in [6, 6.07) is 9.51. The number of nitrogens with one attached hydrogen (secondary N) is 1. The molecule has 1 aromatic carbocycles. The van der Waals surface area contributed by atoms with E-state index in [0.717, 1.165) is 23.7 Å². The van der Waals surface area contributed by atoms with Gasteiger partial charge in [-0.15, -0.1) is 0 Å². The maximum atomic E-state index is 12.2. The number of carbonyl (C=O) groups excluding carboxylic acids is 1. The predicted molar refractivity (Wildman–Crippen MR) is 77.0 cm³/mol. The van der Waals surface area contributed by atoms with Crippen LogP contribution in [0.2, 0.25) is 0 Å². The molecule has 3 N–H and O–H groups in total. The van der Waals surface area contributed by atoms with E-state index in [-0.39, 0.29) is 11.9 Å². The second-order valence-electron chi connectivity index (χ2n) is 4.57.